The molecule has 0 aliphatic carbocycles. The molecule has 0 unspecified atom stereocenters. The predicted molar refractivity (Wildman–Crippen MR) is 72.3 cm³/mol. The minimum Gasteiger partial charge on any atom is -0.480 e. The highest BCUT2D eigenvalue weighted by molar-refractivity contribution is 7.98. The number of nitrogens with two attached hydrogens (primary N) is 1. The van der Waals surface area contributed by atoms with Crippen molar-refractivity contribution in [3.8, 4) is 0 Å². The molecule has 17 heavy (non-hydrogen) atoms. The van der Waals surface area contributed by atoms with Crippen LogP contribution in [0.5, 0.6) is 0 Å². The molecule has 1 aromatic carbocycles. The molecule has 0 spiro atoms. The molecular weight excluding hydrogens is 234 g/mol. The third-order valence-corrected chi connectivity index (χ3v) is 3.66. The van der Waals surface area contributed by atoms with Gasteiger partial charge in [-0.2, -0.15) is 11.8 Å². The smallest absolute Gasteiger partial charge is 0.321 e. The van der Waals surface area contributed by atoms with Crippen molar-refractivity contribution in [3.05, 3.63) is 35.4 Å². The second kappa shape index (κ2) is 6.67. The van der Waals surface area contributed by atoms with Gasteiger partial charge in [-0.1, -0.05) is 38.1 Å². The van der Waals surface area contributed by atoms with Gasteiger partial charge < -0.3 is 10.8 Å². The van der Waals surface area contributed by atoms with Crippen molar-refractivity contribution >= 4 is 17.7 Å². The summed E-state index contributed by atoms with van der Waals surface area (Å²) in [6.45, 7) is 4.32. The summed E-state index contributed by atoms with van der Waals surface area (Å²) in [5, 5.41) is 8.64. The first-order valence-corrected chi connectivity index (χ1v) is 6.81. The van der Waals surface area contributed by atoms with Gasteiger partial charge in [-0.05, 0) is 17.0 Å². The van der Waals surface area contributed by atoms with Gasteiger partial charge in [0, 0.05) is 11.5 Å². The summed E-state index contributed by atoms with van der Waals surface area (Å²) in [5.74, 6) is 0.852. The van der Waals surface area contributed by atoms with Crippen molar-refractivity contribution in [2.75, 3.05) is 5.75 Å². The number of aliphatic carboxylic acids is 1. The highest BCUT2D eigenvalue weighted by Gasteiger charge is 2.10. The molecule has 1 rings (SSSR count). The first-order valence-electron chi connectivity index (χ1n) is 5.65. The van der Waals surface area contributed by atoms with Crippen LogP contribution in [0.3, 0.4) is 0 Å². The summed E-state index contributed by atoms with van der Waals surface area (Å²) in [4.78, 5) is 10.5. The molecule has 0 amide bonds. The van der Waals surface area contributed by atoms with Gasteiger partial charge in [-0.3, -0.25) is 4.79 Å². The summed E-state index contributed by atoms with van der Waals surface area (Å²) in [6, 6.07) is 7.66. The number of thioether (sulfide) groups is 1. The second-order valence-corrected chi connectivity index (χ2v) is 5.39. The SMILES string of the molecule is CC(C)c1ccc(CSC[C@@H](N)C(=O)O)cc1. The minimum absolute atomic E-state index is 0.446. The van der Waals surface area contributed by atoms with Crippen LogP contribution in [0.1, 0.15) is 30.9 Å². The first-order chi connectivity index (χ1) is 8.00. The quantitative estimate of drug-likeness (QED) is 0.817. The van der Waals surface area contributed by atoms with Gasteiger partial charge in [-0.15, -0.1) is 0 Å². The zero-order chi connectivity index (χ0) is 12.8. The van der Waals surface area contributed by atoms with E-state index in [1.807, 2.05) is 0 Å². The molecule has 1 atom stereocenters. The van der Waals surface area contributed by atoms with Gasteiger partial charge in [0.15, 0.2) is 0 Å². The van der Waals surface area contributed by atoms with E-state index in [0.717, 1.165) is 5.75 Å². The van der Waals surface area contributed by atoms with Crippen molar-refractivity contribution in [2.45, 2.75) is 31.6 Å². The molecule has 1 aromatic rings. The van der Waals surface area contributed by atoms with Gasteiger partial charge in [0.1, 0.15) is 6.04 Å². The Hall–Kier alpha value is -1.00. The number of rotatable bonds is 6. The Bertz CT molecular complexity index is 362. The highest BCUT2D eigenvalue weighted by atomic mass is 32.2. The third-order valence-electron chi connectivity index (χ3n) is 2.53. The number of carbonyl (C=O) groups is 1. The van der Waals surface area contributed by atoms with Gasteiger partial charge in [0.05, 0.1) is 0 Å². The molecule has 0 aliphatic heterocycles. The molecule has 0 aromatic heterocycles. The molecule has 0 saturated heterocycles. The van der Waals surface area contributed by atoms with Gasteiger partial charge >= 0.3 is 5.97 Å². The Morgan fingerprint density at radius 3 is 2.41 bits per heavy atom. The fourth-order valence-corrected chi connectivity index (χ4v) is 2.32. The summed E-state index contributed by atoms with van der Waals surface area (Å²) in [7, 11) is 0. The van der Waals surface area contributed by atoms with E-state index in [4.69, 9.17) is 10.8 Å². The van der Waals surface area contributed by atoms with Crippen LogP contribution in [-0.2, 0) is 10.5 Å². The second-order valence-electron chi connectivity index (χ2n) is 4.36. The van der Waals surface area contributed by atoms with Gasteiger partial charge in [0.25, 0.3) is 0 Å². The number of carboxylic acids is 1. The molecule has 3 nitrogen and oxygen atoms in total. The Morgan fingerprint density at radius 2 is 1.94 bits per heavy atom. The predicted octanol–water partition coefficient (Wildman–Crippen LogP) is 2.46. The average Bonchev–Trinajstić information content (AvgIpc) is 2.29. The summed E-state index contributed by atoms with van der Waals surface area (Å²) >= 11 is 1.55. The maximum Gasteiger partial charge on any atom is 0.321 e. The molecule has 0 saturated carbocycles. The van der Waals surface area contributed by atoms with Crippen molar-refractivity contribution in [3.63, 3.8) is 0 Å². The standard InChI is InChI=1S/C13H19NO2S/c1-9(2)11-5-3-10(4-6-11)7-17-8-12(14)13(15)16/h3-6,9,12H,7-8,14H2,1-2H3,(H,15,16)/t12-/m1/s1. The fourth-order valence-electron chi connectivity index (χ4n) is 1.37. The largest absolute Gasteiger partial charge is 0.480 e. The van der Waals surface area contributed by atoms with Crippen molar-refractivity contribution in [1.82, 2.24) is 0 Å². The monoisotopic (exact) mass is 253 g/mol. The van der Waals surface area contributed by atoms with Gasteiger partial charge in [-0.25, -0.2) is 0 Å². The normalized spacial score (nSPS) is 12.7. The number of carboxylic acid groups (broad SMARTS) is 1. The lowest BCUT2D eigenvalue weighted by molar-refractivity contribution is -0.137. The zero-order valence-electron chi connectivity index (χ0n) is 10.2. The highest BCUT2D eigenvalue weighted by Crippen LogP contribution is 2.18. The lowest BCUT2D eigenvalue weighted by atomic mass is 10.0. The lowest BCUT2D eigenvalue weighted by Gasteiger charge is -2.08. The van der Waals surface area contributed by atoms with E-state index >= 15 is 0 Å². The summed E-state index contributed by atoms with van der Waals surface area (Å²) < 4.78 is 0. The Kier molecular flexibility index (Phi) is 5.51. The molecular formula is C13H19NO2S. The van der Waals surface area contributed by atoms with E-state index in [9.17, 15) is 4.79 Å². The van der Waals surface area contributed by atoms with Crippen LogP contribution in [0.25, 0.3) is 0 Å². The average molecular weight is 253 g/mol. The molecule has 0 aliphatic rings. The number of benzene rings is 1. The molecule has 0 fully saturated rings. The summed E-state index contributed by atoms with van der Waals surface area (Å²) in [6.07, 6.45) is 0. The molecule has 0 radical (unpaired) electrons. The molecule has 94 valence electrons. The van der Waals surface area contributed by atoms with E-state index in [2.05, 4.69) is 38.1 Å². The third kappa shape index (κ3) is 4.79. The van der Waals surface area contributed by atoms with Crippen LogP contribution in [0.15, 0.2) is 24.3 Å². The minimum atomic E-state index is -0.937. The van der Waals surface area contributed by atoms with Crippen LogP contribution in [0.2, 0.25) is 0 Å². The Labute approximate surface area is 106 Å². The molecule has 0 bridgehead atoms. The van der Waals surface area contributed by atoms with Crippen LogP contribution in [0.4, 0.5) is 0 Å². The van der Waals surface area contributed by atoms with E-state index in [1.54, 1.807) is 11.8 Å². The van der Waals surface area contributed by atoms with E-state index < -0.39 is 12.0 Å². The van der Waals surface area contributed by atoms with Crippen LogP contribution in [-0.4, -0.2) is 22.9 Å². The van der Waals surface area contributed by atoms with Crippen LogP contribution in [0, 0.1) is 0 Å². The van der Waals surface area contributed by atoms with E-state index in [-0.39, 0.29) is 0 Å². The molecule has 3 N–H and O–H groups in total. The van der Waals surface area contributed by atoms with Crippen molar-refractivity contribution < 1.29 is 9.90 Å². The van der Waals surface area contributed by atoms with E-state index in [1.165, 1.54) is 11.1 Å². The van der Waals surface area contributed by atoms with E-state index in [0.29, 0.717) is 11.7 Å². The Morgan fingerprint density at radius 1 is 1.35 bits per heavy atom. The topological polar surface area (TPSA) is 63.3 Å². The maximum absolute atomic E-state index is 10.5. The lowest BCUT2D eigenvalue weighted by Crippen LogP contribution is -2.32. The zero-order valence-corrected chi connectivity index (χ0v) is 11.0. The molecule has 4 heteroatoms. The number of hydrogen-bond donors (Lipinski definition) is 2. The maximum atomic E-state index is 10.5. The van der Waals surface area contributed by atoms with Crippen molar-refractivity contribution in [2.24, 2.45) is 5.73 Å². The van der Waals surface area contributed by atoms with Crippen LogP contribution >= 0.6 is 11.8 Å². The van der Waals surface area contributed by atoms with Crippen molar-refractivity contribution in [1.29, 1.82) is 0 Å². The van der Waals surface area contributed by atoms with Crippen LogP contribution < -0.4 is 5.73 Å². The summed E-state index contributed by atoms with van der Waals surface area (Å²) in [5.41, 5.74) is 7.95. The number of hydrogen-bond acceptors (Lipinski definition) is 3. The first kappa shape index (κ1) is 14.1. The molecule has 0 heterocycles. The fraction of sp³-hybridized carbons (Fsp3) is 0.462. The van der Waals surface area contributed by atoms with Gasteiger partial charge in [0.2, 0.25) is 0 Å². The Balaban J connectivity index is 2.40.